The zero-order valence-electron chi connectivity index (χ0n) is 12.0. The summed E-state index contributed by atoms with van der Waals surface area (Å²) in [5.74, 6) is 0.731. The van der Waals surface area contributed by atoms with Gasteiger partial charge < -0.3 is 15.8 Å². The maximum atomic E-state index is 6.12. The highest BCUT2D eigenvalue weighted by molar-refractivity contribution is 5.72. The minimum Gasteiger partial charge on any atom is -0.491 e. The topological polar surface area (TPSA) is 60.2 Å². The van der Waals surface area contributed by atoms with Crippen molar-refractivity contribution in [1.82, 2.24) is 4.98 Å². The number of ether oxygens (including phenoxy) is 1. The van der Waals surface area contributed by atoms with Gasteiger partial charge in [0.15, 0.2) is 0 Å². The van der Waals surface area contributed by atoms with Gasteiger partial charge in [-0.2, -0.15) is 0 Å². The van der Waals surface area contributed by atoms with Crippen LogP contribution in [0.1, 0.15) is 24.6 Å². The first-order valence-electron chi connectivity index (χ1n) is 6.88. The molecule has 0 atom stereocenters. The van der Waals surface area contributed by atoms with Gasteiger partial charge in [-0.05, 0) is 37.1 Å². The Balaban J connectivity index is 2.08. The summed E-state index contributed by atoms with van der Waals surface area (Å²) < 4.78 is 5.62. The number of nitrogens with zero attached hydrogens (tertiary/aromatic N) is 1. The van der Waals surface area contributed by atoms with E-state index >= 15 is 0 Å². The third-order valence-corrected chi connectivity index (χ3v) is 3.09. The Bertz CT molecular complexity index is 569. The fourth-order valence-electron chi connectivity index (χ4n) is 1.92. The second-order valence-electron chi connectivity index (χ2n) is 4.69. The van der Waals surface area contributed by atoms with E-state index in [-0.39, 0.29) is 0 Å². The number of hydrogen-bond donors (Lipinski definition) is 2. The summed E-state index contributed by atoms with van der Waals surface area (Å²) in [5.41, 5.74) is 9.83. The fourth-order valence-corrected chi connectivity index (χ4v) is 1.92. The van der Waals surface area contributed by atoms with Crippen molar-refractivity contribution in [2.24, 2.45) is 0 Å². The van der Waals surface area contributed by atoms with Crippen LogP contribution < -0.4 is 15.8 Å². The van der Waals surface area contributed by atoms with Crippen molar-refractivity contribution in [3.05, 3.63) is 47.8 Å². The molecule has 1 aromatic carbocycles. The van der Waals surface area contributed by atoms with Gasteiger partial charge in [0.2, 0.25) is 0 Å². The van der Waals surface area contributed by atoms with E-state index in [1.165, 1.54) is 0 Å². The average molecular weight is 271 g/mol. The smallest absolute Gasteiger partial charge is 0.144 e. The van der Waals surface area contributed by atoms with E-state index < -0.39 is 0 Å². The number of nitrogen functional groups attached to an aromatic ring is 1. The van der Waals surface area contributed by atoms with Crippen molar-refractivity contribution in [2.75, 3.05) is 17.7 Å². The highest BCUT2D eigenvalue weighted by Gasteiger charge is 2.06. The first kappa shape index (κ1) is 14.2. The zero-order valence-corrected chi connectivity index (χ0v) is 12.0. The lowest BCUT2D eigenvalue weighted by molar-refractivity contribution is 0.319. The number of hydrogen-bond acceptors (Lipinski definition) is 4. The van der Waals surface area contributed by atoms with Gasteiger partial charge >= 0.3 is 0 Å². The van der Waals surface area contributed by atoms with Crippen molar-refractivity contribution in [2.45, 2.75) is 26.8 Å². The third-order valence-electron chi connectivity index (χ3n) is 3.09. The monoisotopic (exact) mass is 271 g/mol. The number of nitrogens with two attached hydrogens (primary N) is 1. The molecule has 1 heterocycles. The Morgan fingerprint density at radius 1 is 1.25 bits per heavy atom. The molecule has 0 fully saturated rings. The van der Waals surface area contributed by atoms with Crippen LogP contribution in [-0.2, 0) is 6.54 Å². The molecule has 2 rings (SSSR count). The summed E-state index contributed by atoms with van der Waals surface area (Å²) >= 11 is 0. The van der Waals surface area contributed by atoms with Gasteiger partial charge in [0.1, 0.15) is 5.75 Å². The Morgan fingerprint density at radius 2 is 2.10 bits per heavy atom. The number of aryl methyl sites for hydroxylation is 1. The van der Waals surface area contributed by atoms with E-state index in [1.807, 2.05) is 37.3 Å². The van der Waals surface area contributed by atoms with Gasteiger partial charge in [-0.1, -0.05) is 19.1 Å². The maximum Gasteiger partial charge on any atom is 0.144 e. The SMILES string of the molecule is CCCOc1cccc(NCc2ncccc2C)c1N. The van der Waals surface area contributed by atoms with Crippen LogP contribution in [0.3, 0.4) is 0 Å². The van der Waals surface area contributed by atoms with Gasteiger partial charge in [-0.15, -0.1) is 0 Å². The number of rotatable bonds is 6. The molecule has 20 heavy (non-hydrogen) atoms. The molecular formula is C16H21N3O. The number of benzene rings is 1. The highest BCUT2D eigenvalue weighted by atomic mass is 16.5. The second kappa shape index (κ2) is 6.80. The van der Waals surface area contributed by atoms with Crippen LogP contribution in [0.2, 0.25) is 0 Å². The van der Waals surface area contributed by atoms with Gasteiger partial charge in [-0.3, -0.25) is 4.98 Å². The predicted molar refractivity (Wildman–Crippen MR) is 82.9 cm³/mol. The first-order chi connectivity index (χ1) is 9.72. The lowest BCUT2D eigenvalue weighted by atomic mass is 10.2. The average Bonchev–Trinajstić information content (AvgIpc) is 2.46. The summed E-state index contributed by atoms with van der Waals surface area (Å²) in [6.07, 6.45) is 2.76. The number of anilines is 2. The van der Waals surface area contributed by atoms with E-state index in [9.17, 15) is 0 Å². The molecule has 0 radical (unpaired) electrons. The molecule has 106 valence electrons. The van der Waals surface area contributed by atoms with Crippen molar-refractivity contribution in [1.29, 1.82) is 0 Å². The van der Waals surface area contributed by atoms with Crippen LogP contribution >= 0.6 is 0 Å². The number of aromatic nitrogens is 1. The molecule has 0 aliphatic rings. The molecule has 3 N–H and O–H groups in total. The molecule has 0 spiro atoms. The van der Waals surface area contributed by atoms with Gasteiger partial charge in [0.25, 0.3) is 0 Å². The van der Waals surface area contributed by atoms with Crippen LogP contribution in [0.5, 0.6) is 5.75 Å². The maximum absolute atomic E-state index is 6.12. The van der Waals surface area contributed by atoms with E-state index in [0.29, 0.717) is 18.8 Å². The number of pyridine rings is 1. The summed E-state index contributed by atoms with van der Waals surface area (Å²) in [6, 6.07) is 9.77. The van der Waals surface area contributed by atoms with E-state index in [4.69, 9.17) is 10.5 Å². The molecule has 0 saturated heterocycles. The van der Waals surface area contributed by atoms with Gasteiger partial charge in [0.05, 0.1) is 30.2 Å². The molecule has 0 bridgehead atoms. The predicted octanol–water partition coefficient (Wildman–Crippen LogP) is 3.37. The van der Waals surface area contributed by atoms with Gasteiger partial charge in [-0.25, -0.2) is 0 Å². The molecule has 1 aromatic heterocycles. The molecule has 0 amide bonds. The Kier molecular flexibility index (Phi) is 4.82. The van der Waals surface area contributed by atoms with Crippen LogP contribution in [0.25, 0.3) is 0 Å². The van der Waals surface area contributed by atoms with E-state index in [0.717, 1.165) is 29.1 Å². The van der Waals surface area contributed by atoms with Crippen molar-refractivity contribution >= 4 is 11.4 Å². The Morgan fingerprint density at radius 3 is 2.85 bits per heavy atom. The highest BCUT2D eigenvalue weighted by Crippen LogP contribution is 2.29. The summed E-state index contributed by atoms with van der Waals surface area (Å²) in [4.78, 5) is 4.36. The molecule has 4 nitrogen and oxygen atoms in total. The molecule has 0 unspecified atom stereocenters. The largest absolute Gasteiger partial charge is 0.491 e. The third kappa shape index (κ3) is 3.41. The second-order valence-corrected chi connectivity index (χ2v) is 4.69. The minimum atomic E-state index is 0.647. The number of nitrogens with one attached hydrogen (secondary N) is 1. The lowest BCUT2D eigenvalue weighted by Crippen LogP contribution is -2.07. The molecule has 0 saturated carbocycles. The molecule has 4 heteroatoms. The fraction of sp³-hybridized carbons (Fsp3) is 0.312. The normalized spacial score (nSPS) is 10.3. The van der Waals surface area contributed by atoms with E-state index in [1.54, 1.807) is 6.20 Å². The summed E-state index contributed by atoms with van der Waals surface area (Å²) in [7, 11) is 0. The quantitative estimate of drug-likeness (QED) is 0.791. The van der Waals surface area contributed by atoms with Gasteiger partial charge in [0, 0.05) is 6.20 Å². The molecule has 2 aromatic rings. The zero-order chi connectivity index (χ0) is 14.4. The standard InChI is InChI=1S/C16H21N3O/c1-3-10-20-15-8-4-7-13(16(15)17)19-11-14-12(2)6-5-9-18-14/h4-9,19H,3,10-11,17H2,1-2H3. The lowest BCUT2D eigenvalue weighted by Gasteiger charge is -2.14. The minimum absolute atomic E-state index is 0.647. The molecule has 0 aliphatic carbocycles. The number of para-hydroxylation sites is 1. The summed E-state index contributed by atoms with van der Waals surface area (Å²) in [6.45, 7) is 5.44. The van der Waals surface area contributed by atoms with Crippen LogP contribution in [0, 0.1) is 6.92 Å². The summed E-state index contributed by atoms with van der Waals surface area (Å²) in [5, 5.41) is 3.32. The van der Waals surface area contributed by atoms with E-state index in [2.05, 4.69) is 17.2 Å². The van der Waals surface area contributed by atoms with Crippen molar-refractivity contribution < 1.29 is 4.74 Å². The van der Waals surface area contributed by atoms with Crippen LogP contribution in [-0.4, -0.2) is 11.6 Å². The molecular weight excluding hydrogens is 250 g/mol. The Labute approximate surface area is 120 Å². The molecule has 0 aliphatic heterocycles. The first-order valence-corrected chi connectivity index (χ1v) is 6.88. The van der Waals surface area contributed by atoms with Crippen LogP contribution in [0.4, 0.5) is 11.4 Å². The van der Waals surface area contributed by atoms with Crippen molar-refractivity contribution in [3.8, 4) is 5.75 Å². The Hall–Kier alpha value is -2.23. The van der Waals surface area contributed by atoms with Crippen LogP contribution in [0.15, 0.2) is 36.5 Å². The van der Waals surface area contributed by atoms with Crippen molar-refractivity contribution in [3.63, 3.8) is 0 Å².